The van der Waals surface area contributed by atoms with Gasteiger partial charge < -0.3 is 10.5 Å². The summed E-state index contributed by atoms with van der Waals surface area (Å²) in [6.07, 6.45) is 1.73. The average Bonchev–Trinajstić information content (AvgIpc) is 2.87. The number of nitrogen functional groups attached to an aromatic ring is 1. The highest BCUT2D eigenvalue weighted by Gasteiger charge is 2.19. The standard InChI is InChI=1S/C17H16FN3O2/c1-3-23-17(22)13-7-12(19)8-14(18)16(13)10-4-5-11-9-20-21(2)15(11)6-10/h4-9H,3,19H2,1-2H3. The molecule has 0 spiro atoms. The maximum Gasteiger partial charge on any atom is 0.338 e. The molecule has 0 amide bonds. The van der Waals surface area contributed by atoms with E-state index < -0.39 is 11.8 Å². The van der Waals surface area contributed by atoms with E-state index in [4.69, 9.17) is 10.5 Å². The van der Waals surface area contributed by atoms with E-state index in [9.17, 15) is 9.18 Å². The van der Waals surface area contributed by atoms with Gasteiger partial charge in [0.25, 0.3) is 0 Å². The van der Waals surface area contributed by atoms with Crippen LogP contribution in [-0.4, -0.2) is 22.4 Å². The fourth-order valence-electron chi connectivity index (χ4n) is 2.59. The molecule has 23 heavy (non-hydrogen) atoms. The number of carbonyl (C=O) groups is 1. The molecule has 1 heterocycles. The van der Waals surface area contributed by atoms with E-state index in [2.05, 4.69) is 5.10 Å². The molecule has 3 aromatic rings. The summed E-state index contributed by atoms with van der Waals surface area (Å²) >= 11 is 0. The first kappa shape index (κ1) is 15.0. The zero-order chi connectivity index (χ0) is 16.6. The van der Waals surface area contributed by atoms with Crippen molar-refractivity contribution in [1.29, 1.82) is 0 Å². The van der Waals surface area contributed by atoms with Crippen LogP contribution >= 0.6 is 0 Å². The lowest BCUT2D eigenvalue weighted by Gasteiger charge is -2.12. The van der Waals surface area contributed by atoms with Gasteiger partial charge in [0.05, 0.1) is 23.9 Å². The summed E-state index contributed by atoms with van der Waals surface area (Å²) in [6, 6.07) is 8.01. The van der Waals surface area contributed by atoms with Gasteiger partial charge >= 0.3 is 5.97 Å². The molecule has 0 saturated heterocycles. The van der Waals surface area contributed by atoms with Gasteiger partial charge in [-0.25, -0.2) is 9.18 Å². The van der Waals surface area contributed by atoms with Gasteiger partial charge in [-0.1, -0.05) is 12.1 Å². The first-order valence-corrected chi connectivity index (χ1v) is 7.19. The van der Waals surface area contributed by atoms with Crippen molar-refractivity contribution in [3.63, 3.8) is 0 Å². The Morgan fingerprint density at radius 2 is 2.13 bits per heavy atom. The van der Waals surface area contributed by atoms with Crippen LogP contribution in [0.5, 0.6) is 0 Å². The molecule has 0 atom stereocenters. The SMILES string of the molecule is CCOC(=O)c1cc(N)cc(F)c1-c1ccc2cnn(C)c2c1. The predicted molar refractivity (Wildman–Crippen MR) is 86.5 cm³/mol. The molecular formula is C17H16FN3O2. The highest BCUT2D eigenvalue weighted by molar-refractivity contribution is 5.99. The van der Waals surface area contributed by atoms with Crippen LogP contribution in [0.3, 0.4) is 0 Å². The first-order chi connectivity index (χ1) is 11.0. The summed E-state index contributed by atoms with van der Waals surface area (Å²) in [7, 11) is 1.80. The van der Waals surface area contributed by atoms with Crippen molar-refractivity contribution in [2.24, 2.45) is 7.05 Å². The summed E-state index contributed by atoms with van der Waals surface area (Å²) in [5, 5.41) is 5.10. The van der Waals surface area contributed by atoms with E-state index in [0.717, 1.165) is 10.9 Å². The maximum absolute atomic E-state index is 14.5. The Bertz CT molecular complexity index is 902. The smallest absolute Gasteiger partial charge is 0.338 e. The number of aryl methyl sites for hydroxylation is 1. The molecule has 0 bridgehead atoms. The van der Waals surface area contributed by atoms with Crippen LogP contribution in [0.15, 0.2) is 36.5 Å². The van der Waals surface area contributed by atoms with Crippen LogP contribution in [0.25, 0.3) is 22.0 Å². The third-order valence-corrected chi connectivity index (χ3v) is 3.65. The molecule has 2 aromatic carbocycles. The highest BCUT2D eigenvalue weighted by Crippen LogP contribution is 2.31. The minimum Gasteiger partial charge on any atom is -0.462 e. The number of anilines is 1. The number of carbonyl (C=O) groups excluding carboxylic acids is 1. The Morgan fingerprint density at radius 1 is 1.35 bits per heavy atom. The van der Waals surface area contributed by atoms with Gasteiger partial charge in [0.15, 0.2) is 0 Å². The molecule has 3 rings (SSSR count). The van der Waals surface area contributed by atoms with Gasteiger partial charge in [-0.2, -0.15) is 5.10 Å². The van der Waals surface area contributed by atoms with E-state index >= 15 is 0 Å². The van der Waals surface area contributed by atoms with Crippen LogP contribution in [0.2, 0.25) is 0 Å². The van der Waals surface area contributed by atoms with Crippen LogP contribution in [0.4, 0.5) is 10.1 Å². The second kappa shape index (κ2) is 5.72. The zero-order valence-corrected chi connectivity index (χ0v) is 12.8. The maximum atomic E-state index is 14.5. The van der Waals surface area contributed by atoms with Crippen molar-refractivity contribution in [3.05, 3.63) is 47.9 Å². The summed E-state index contributed by atoms with van der Waals surface area (Å²) < 4.78 is 21.2. The topological polar surface area (TPSA) is 70.1 Å². The van der Waals surface area contributed by atoms with Crippen LogP contribution in [0.1, 0.15) is 17.3 Å². The van der Waals surface area contributed by atoms with Gasteiger partial charge in [0.2, 0.25) is 0 Å². The number of rotatable bonds is 3. The van der Waals surface area contributed by atoms with E-state index in [1.165, 1.54) is 12.1 Å². The lowest BCUT2D eigenvalue weighted by molar-refractivity contribution is 0.0527. The van der Waals surface area contributed by atoms with Crippen molar-refractivity contribution < 1.29 is 13.9 Å². The molecule has 6 heteroatoms. The third kappa shape index (κ3) is 2.63. The van der Waals surface area contributed by atoms with Crippen molar-refractivity contribution in [2.75, 3.05) is 12.3 Å². The zero-order valence-electron chi connectivity index (χ0n) is 12.8. The molecule has 5 nitrogen and oxygen atoms in total. The Labute approximate surface area is 132 Å². The van der Waals surface area contributed by atoms with Gasteiger partial charge in [-0.05, 0) is 30.7 Å². The van der Waals surface area contributed by atoms with E-state index in [1.807, 2.05) is 6.07 Å². The minimum absolute atomic E-state index is 0.117. The normalized spacial score (nSPS) is 10.9. The lowest BCUT2D eigenvalue weighted by Crippen LogP contribution is -2.09. The number of benzene rings is 2. The Morgan fingerprint density at radius 3 is 2.87 bits per heavy atom. The van der Waals surface area contributed by atoms with Crippen LogP contribution < -0.4 is 5.73 Å². The van der Waals surface area contributed by atoms with Gasteiger partial charge in [-0.15, -0.1) is 0 Å². The summed E-state index contributed by atoms with van der Waals surface area (Å²) in [4.78, 5) is 12.2. The molecule has 2 N–H and O–H groups in total. The number of aromatic nitrogens is 2. The predicted octanol–water partition coefficient (Wildman–Crippen LogP) is 3.14. The highest BCUT2D eigenvalue weighted by atomic mass is 19.1. The summed E-state index contributed by atoms with van der Waals surface area (Å²) in [5.41, 5.74) is 7.56. The molecule has 0 radical (unpaired) electrons. The number of nitrogens with zero attached hydrogens (tertiary/aromatic N) is 2. The van der Waals surface area contributed by atoms with Crippen molar-refractivity contribution >= 4 is 22.6 Å². The van der Waals surface area contributed by atoms with E-state index in [0.29, 0.717) is 5.56 Å². The number of hydrogen-bond acceptors (Lipinski definition) is 4. The molecule has 0 saturated carbocycles. The summed E-state index contributed by atoms with van der Waals surface area (Å²) in [5.74, 6) is -1.16. The lowest BCUT2D eigenvalue weighted by atomic mass is 9.97. The van der Waals surface area contributed by atoms with Crippen molar-refractivity contribution in [1.82, 2.24) is 9.78 Å². The molecule has 0 aliphatic heterocycles. The van der Waals surface area contributed by atoms with Gasteiger partial charge in [0.1, 0.15) is 5.82 Å². The van der Waals surface area contributed by atoms with E-state index in [-0.39, 0.29) is 23.4 Å². The Kier molecular flexibility index (Phi) is 3.73. The van der Waals surface area contributed by atoms with Crippen LogP contribution in [-0.2, 0) is 11.8 Å². The number of hydrogen-bond donors (Lipinski definition) is 1. The molecule has 118 valence electrons. The Balaban J connectivity index is 2.24. The first-order valence-electron chi connectivity index (χ1n) is 7.19. The number of fused-ring (bicyclic) bond motifs is 1. The molecule has 0 fully saturated rings. The van der Waals surface area contributed by atoms with Gasteiger partial charge in [-0.3, -0.25) is 4.68 Å². The number of nitrogens with two attached hydrogens (primary N) is 1. The average molecular weight is 313 g/mol. The third-order valence-electron chi connectivity index (χ3n) is 3.65. The molecule has 0 aliphatic rings. The molecule has 1 aromatic heterocycles. The van der Waals surface area contributed by atoms with Crippen LogP contribution in [0, 0.1) is 5.82 Å². The number of halogens is 1. The molecule has 0 unspecified atom stereocenters. The second-order valence-electron chi connectivity index (χ2n) is 5.19. The molecule has 0 aliphatic carbocycles. The largest absolute Gasteiger partial charge is 0.462 e. The van der Waals surface area contributed by atoms with Gasteiger partial charge in [0, 0.05) is 23.7 Å². The Hall–Kier alpha value is -2.89. The quantitative estimate of drug-likeness (QED) is 0.596. The molecular weight excluding hydrogens is 297 g/mol. The number of ether oxygens (including phenoxy) is 1. The minimum atomic E-state index is -0.598. The fraction of sp³-hybridized carbons (Fsp3) is 0.176. The fourth-order valence-corrected chi connectivity index (χ4v) is 2.59. The number of esters is 1. The van der Waals surface area contributed by atoms with Crippen molar-refractivity contribution in [2.45, 2.75) is 6.92 Å². The monoisotopic (exact) mass is 313 g/mol. The second-order valence-corrected chi connectivity index (χ2v) is 5.19. The van der Waals surface area contributed by atoms with Crippen molar-refractivity contribution in [3.8, 4) is 11.1 Å². The van der Waals surface area contributed by atoms with E-state index in [1.54, 1.807) is 37.0 Å². The summed E-state index contributed by atoms with van der Waals surface area (Å²) in [6.45, 7) is 1.90.